The molecule has 0 spiro atoms. The van der Waals surface area contributed by atoms with Crippen LogP contribution in [0.4, 0.5) is 4.79 Å². The van der Waals surface area contributed by atoms with Gasteiger partial charge in [0.1, 0.15) is 5.15 Å². The number of carboxylic acid groups (broad SMARTS) is 2. The summed E-state index contributed by atoms with van der Waals surface area (Å²) in [4.78, 5) is 24.5. The van der Waals surface area contributed by atoms with Crippen molar-refractivity contribution in [1.29, 1.82) is 0 Å². The fourth-order valence-electron chi connectivity index (χ4n) is 1.85. The third-order valence-corrected chi connectivity index (χ3v) is 3.25. The summed E-state index contributed by atoms with van der Waals surface area (Å²) in [7, 11) is 0. The Morgan fingerprint density at radius 1 is 1.18 bits per heavy atom. The second kappa shape index (κ2) is 6.48. The molecule has 1 aliphatic carbocycles. The van der Waals surface area contributed by atoms with E-state index in [-0.39, 0.29) is 28.5 Å². The maximum absolute atomic E-state index is 11.9. The third kappa shape index (κ3) is 3.76. The van der Waals surface area contributed by atoms with Crippen molar-refractivity contribution >= 4 is 34.4 Å². The average Bonchev–Trinajstić information content (AvgIpc) is 3.26. The van der Waals surface area contributed by atoms with Crippen LogP contribution >= 0.6 is 11.6 Å². The largest absolute Gasteiger partial charge is 0.505 e. The Morgan fingerprint density at radius 2 is 1.73 bits per heavy atom. The molecular formula is C14H13ClN2O5. The molecule has 1 fully saturated rings. The van der Waals surface area contributed by atoms with Crippen LogP contribution in [0.3, 0.4) is 0 Å². The van der Waals surface area contributed by atoms with Crippen molar-refractivity contribution < 1.29 is 24.9 Å². The number of aromatic hydroxyl groups is 1. The number of hydrogen-bond donors (Lipinski definition) is 4. The Morgan fingerprint density at radius 3 is 2.27 bits per heavy atom. The van der Waals surface area contributed by atoms with Gasteiger partial charge in [-0.1, -0.05) is 35.9 Å². The predicted octanol–water partition coefficient (Wildman–Crippen LogP) is 2.71. The van der Waals surface area contributed by atoms with E-state index in [4.69, 9.17) is 26.6 Å². The van der Waals surface area contributed by atoms with Crippen molar-refractivity contribution in [2.24, 2.45) is 0 Å². The van der Waals surface area contributed by atoms with E-state index in [1.165, 1.54) is 0 Å². The third-order valence-electron chi connectivity index (χ3n) is 2.97. The second-order valence-electron chi connectivity index (χ2n) is 4.68. The molecule has 1 aromatic heterocycles. The summed E-state index contributed by atoms with van der Waals surface area (Å²) >= 11 is 6.03. The van der Waals surface area contributed by atoms with Gasteiger partial charge in [-0.05, 0) is 12.8 Å². The predicted molar refractivity (Wildman–Crippen MR) is 79.6 cm³/mol. The quantitative estimate of drug-likeness (QED) is 0.630. The van der Waals surface area contributed by atoms with Gasteiger partial charge in [0.05, 0.1) is 0 Å². The smallest absolute Gasteiger partial charge is 0.503 e. The standard InChI is InChI=1S/C13H11ClN2O2.CH2O3/c14-12-9-4-2-1-3-8(9)11(17)10(16-12)13(18)15-7-5-6-7;2-1(3)4/h1-4,7,17H,5-6H2,(H,15,18);(H2,2,3,4). The van der Waals surface area contributed by atoms with Crippen LogP contribution in [0, 0.1) is 0 Å². The van der Waals surface area contributed by atoms with E-state index in [0.29, 0.717) is 10.8 Å². The lowest BCUT2D eigenvalue weighted by Gasteiger charge is -2.08. The topological polar surface area (TPSA) is 120 Å². The van der Waals surface area contributed by atoms with Crippen molar-refractivity contribution in [1.82, 2.24) is 10.3 Å². The first kappa shape index (κ1) is 15.8. The molecule has 0 aliphatic heterocycles. The van der Waals surface area contributed by atoms with Gasteiger partial charge in [-0.25, -0.2) is 9.78 Å². The lowest BCUT2D eigenvalue weighted by atomic mass is 10.1. The van der Waals surface area contributed by atoms with Crippen LogP contribution in [-0.4, -0.2) is 38.4 Å². The Balaban J connectivity index is 0.000000396. The number of carbonyl (C=O) groups is 2. The molecule has 1 aliphatic rings. The number of aromatic nitrogens is 1. The normalized spacial score (nSPS) is 13.1. The molecule has 8 heteroatoms. The van der Waals surface area contributed by atoms with Crippen molar-refractivity contribution in [3.05, 3.63) is 35.1 Å². The number of halogens is 1. The lowest BCUT2D eigenvalue weighted by molar-refractivity contribution is 0.0943. The highest BCUT2D eigenvalue weighted by molar-refractivity contribution is 6.34. The van der Waals surface area contributed by atoms with Crippen LogP contribution in [0.2, 0.25) is 5.15 Å². The Kier molecular flexibility index (Phi) is 4.67. The molecule has 22 heavy (non-hydrogen) atoms. The van der Waals surface area contributed by atoms with Crippen LogP contribution < -0.4 is 5.32 Å². The lowest BCUT2D eigenvalue weighted by Crippen LogP contribution is -2.26. The van der Waals surface area contributed by atoms with Crippen molar-refractivity contribution in [2.45, 2.75) is 18.9 Å². The molecule has 3 rings (SSSR count). The minimum Gasteiger partial charge on any atom is -0.505 e. The van der Waals surface area contributed by atoms with E-state index in [2.05, 4.69) is 10.3 Å². The van der Waals surface area contributed by atoms with Gasteiger partial charge >= 0.3 is 6.16 Å². The van der Waals surface area contributed by atoms with Gasteiger partial charge in [0, 0.05) is 16.8 Å². The molecule has 1 saturated carbocycles. The Labute approximate surface area is 130 Å². The number of carbonyl (C=O) groups excluding carboxylic acids is 1. The highest BCUT2D eigenvalue weighted by Crippen LogP contribution is 2.32. The van der Waals surface area contributed by atoms with Crippen molar-refractivity contribution in [3.63, 3.8) is 0 Å². The number of amides is 1. The summed E-state index contributed by atoms with van der Waals surface area (Å²) in [5.41, 5.74) is -0.00870. The monoisotopic (exact) mass is 324 g/mol. The number of nitrogens with zero attached hydrogens (tertiary/aromatic N) is 1. The van der Waals surface area contributed by atoms with Crippen molar-refractivity contribution in [2.75, 3.05) is 0 Å². The van der Waals surface area contributed by atoms with Gasteiger partial charge in [0.15, 0.2) is 11.4 Å². The second-order valence-corrected chi connectivity index (χ2v) is 5.03. The molecule has 1 amide bonds. The Bertz CT molecular complexity index is 726. The van der Waals surface area contributed by atoms with Crippen LogP contribution in [0.5, 0.6) is 5.75 Å². The van der Waals surface area contributed by atoms with E-state index in [1.54, 1.807) is 24.3 Å². The average molecular weight is 325 g/mol. The Hall–Kier alpha value is -2.54. The SMILES string of the molecule is O=C(NC1CC1)c1nc(Cl)c2ccccc2c1O.O=C(O)O. The van der Waals surface area contributed by atoms with Crippen LogP contribution in [0.25, 0.3) is 10.8 Å². The van der Waals surface area contributed by atoms with Gasteiger partial charge in [0.2, 0.25) is 0 Å². The molecular weight excluding hydrogens is 312 g/mol. The molecule has 0 unspecified atom stereocenters. The van der Waals surface area contributed by atoms with E-state index in [0.717, 1.165) is 12.8 Å². The zero-order valence-electron chi connectivity index (χ0n) is 11.3. The molecule has 116 valence electrons. The van der Waals surface area contributed by atoms with E-state index in [9.17, 15) is 9.90 Å². The highest BCUT2D eigenvalue weighted by Gasteiger charge is 2.26. The molecule has 4 N–H and O–H groups in total. The molecule has 1 heterocycles. The number of hydrogen-bond acceptors (Lipinski definition) is 4. The van der Waals surface area contributed by atoms with E-state index >= 15 is 0 Å². The fraction of sp³-hybridized carbons (Fsp3) is 0.214. The minimum atomic E-state index is -1.83. The zero-order chi connectivity index (χ0) is 16.3. The molecule has 0 atom stereocenters. The highest BCUT2D eigenvalue weighted by atomic mass is 35.5. The molecule has 1 aromatic carbocycles. The number of nitrogens with one attached hydrogen (secondary N) is 1. The first-order valence-corrected chi connectivity index (χ1v) is 6.78. The van der Waals surface area contributed by atoms with Gasteiger partial charge < -0.3 is 20.6 Å². The van der Waals surface area contributed by atoms with Crippen LogP contribution in [0.1, 0.15) is 23.3 Å². The molecule has 2 aromatic rings. The number of pyridine rings is 1. The zero-order valence-corrected chi connectivity index (χ0v) is 12.0. The molecule has 7 nitrogen and oxygen atoms in total. The maximum Gasteiger partial charge on any atom is 0.503 e. The van der Waals surface area contributed by atoms with Crippen molar-refractivity contribution in [3.8, 4) is 5.75 Å². The van der Waals surface area contributed by atoms with Gasteiger partial charge in [-0.2, -0.15) is 0 Å². The summed E-state index contributed by atoms with van der Waals surface area (Å²) in [6.07, 6.45) is 0.127. The molecule has 0 bridgehead atoms. The molecule has 0 radical (unpaired) electrons. The number of rotatable bonds is 2. The first-order chi connectivity index (χ1) is 10.4. The van der Waals surface area contributed by atoms with Gasteiger partial charge in [0.25, 0.3) is 5.91 Å². The number of fused-ring (bicyclic) bond motifs is 1. The van der Waals surface area contributed by atoms with Gasteiger partial charge in [-0.15, -0.1) is 0 Å². The molecule has 0 saturated heterocycles. The van der Waals surface area contributed by atoms with Crippen LogP contribution in [0.15, 0.2) is 24.3 Å². The maximum atomic E-state index is 11.9. The van der Waals surface area contributed by atoms with E-state index < -0.39 is 6.16 Å². The minimum absolute atomic E-state index is 0.00870. The summed E-state index contributed by atoms with van der Waals surface area (Å²) in [6.45, 7) is 0. The fourth-order valence-corrected chi connectivity index (χ4v) is 2.10. The summed E-state index contributed by atoms with van der Waals surface area (Å²) < 4.78 is 0. The summed E-state index contributed by atoms with van der Waals surface area (Å²) in [5.74, 6) is -0.490. The number of benzene rings is 1. The van der Waals surface area contributed by atoms with Gasteiger partial charge in [-0.3, -0.25) is 4.79 Å². The first-order valence-electron chi connectivity index (χ1n) is 6.40. The van der Waals surface area contributed by atoms with Crippen LogP contribution in [-0.2, 0) is 0 Å². The summed E-state index contributed by atoms with van der Waals surface area (Å²) in [5, 5.41) is 28.2. The summed E-state index contributed by atoms with van der Waals surface area (Å²) in [6, 6.07) is 7.27. The van der Waals surface area contributed by atoms with E-state index in [1.807, 2.05) is 0 Å².